The molecule has 2 fully saturated rings. The molecule has 2 amide bonds. The minimum absolute atomic E-state index is 0.0520. The fourth-order valence-corrected chi connectivity index (χ4v) is 4.12. The summed E-state index contributed by atoms with van der Waals surface area (Å²) in [6.07, 6.45) is 4.92. The molecule has 7 nitrogen and oxygen atoms in total. The Kier molecular flexibility index (Phi) is 5.05. The van der Waals surface area contributed by atoms with Crippen molar-refractivity contribution in [2.24, 2.45) is 13.0 Å². The van der Waals surface area contributed by atoms with Crippen LogP contribution in [0, 0.1) is 17.2 Å². The summed E-state index contributed by atoms with van der Waals surface area (Å²) in [7, 11) is 1.68. The molecule has 4 rings (SSSR count). The van der Waals surface area contributed by atoms with Crippen LogP contribution < -0.4 is 5.32 Å². The summed E-state index contributed by atoms with van der Waals surface area (Å²) >= 11 is 0. The van der Waals surface area contributed by atoms with E-state index in [-0.39, 0.29) is 49.2 Å². The molecule has 29 heavy (non-hydrogen) atoms. The van der Waals surface area contributed by atoms with Gasteiger partial charge < -0.3 is 14.8 Å². The van der Waals surface area contributed by atoms with Crippen molar-refractivity contribution in [3.05, 3.63) is 53.6 Å². The number of halogens is 1. The van der Waals surface area contributed by atoms with Gasteiger partial charge >= 0.3 is 0 Å². The number of aromatic nitrogens is 2. The lowest BCUT2D eigenvalue weighted by Crippen LogP contribution is -2.44. The first-order valence-corrected chi connectivity index (χ1v) is 9.67. The van der Waals surface area contributed by atoms with Crippen LogP contribution in [-0.2, 0) is 11.8 Å². The van der Waals surface area contributed by atoms with Gasteiger partial charge in [0, 0.05) is 44.5 Å². The van der Waals surface area contributed by atoms with Crippen molar-refractivity contribution in [1.29, 1.82) is 5.26 Å². The average Bonchev–Trinajstić information content (AvgIpc) is 3.31. The quantitative estimate of drug-likeness (QED) is 0.835. The first kappa shape index (κ1) is 19.1. The highest BCUT2D eigenvalue weighted by Gasteiger charge is 2.49. The lowest BCUT2D eigenvalue weighted by Gasteiger charge is -2.25. The molecule has 2 aliphatic rings. The highest BCUT2D eigenvalue weighted by atomic mass is 19.1. The Morgan fingerprint density at radius 2 is 2.24 bits per heavy atom. The number of carbonyl (C=O) groups is 2. The van der Waals surface area contributed by atoms with Gasteiger partial charge in [0.2, 0.25) is 5.91 Å². The number of amides is 2. The van der Waals surface area contributed by atoms with Gasteiger partial charge in [0.05, 0.1) is 18.2 Å². The third-order valence-corrected chi connectivity index (χ3v) is 5.73. The van der Waals surface area contributed by atoms with Crippen molar-refractivity contribution in [2.75, 3.05) is 13.1 Å². The number of hydrogen-bond donors (Lipinski definition) is 1. The zero-order valence-electron chi connectivity index (χ0n) is 16.1. The first-order valence-electron chi connectivity index (χ1n) is 9.67. The van der Waals surface area contributed by atoms with Crippen molar-refractivity contribution in [3.63, 3.8) is 0 Å². The van der Waals surface area contributed by atoms with Crippen LogP contribution in [0.2, 0.25) is 0 Å². The van der Waals surface area contributed by atoms with Gasteiger partial charge in [-0.1, -0.05) is 6.07 Å². The molecular formula is C21H22FN5O2. The summed E-state index contributed by atoms with van der Waals surface area (Å²) in [5.41, 5.74) is 1.78. The van der Waals surface area contributed by atoms with E-state index in [1.807, 2.05) is 18.2 Å². The molecule has 8 heteroatoms. The molecule has 1 aliphatic heterocycles. The number of nitriles is 1. The first-order chi connectivity index (χ1) is 14.0. The van der Waals surface area contributed by atoms with E-state index in [1.165, 1.54) is 6.07 Å². The number of nitrogens with zero attached hydrogens (tertiary/aromatic N) is 4. The van der Waals surface area contributed by atoms with Gasteiger partial charge in [-0.05, 0) is 30.0 Å². The normalized spacial score (nSPS) is 25.5. The van der Waals surface area contributed by atoms with Crippen LogP contribution >= 0.6 is 0 Å². The second kappa shape index (κ2) is 7.66. The largest absolute Gasteiger partial charge is 0.349 e. The molecular weight excluding hydrogens is 373 g/mol. The maximum Gasteiger partial charge on any atom is 0.268 e. The van der Waals surface area contributed by atoms with Gasteiger partial charge in [-0.2, -0.15) is 5.26 Å². The monoisotopic (exact) mass is 395 g/mol. The van der Waals surface area contributed by atoms with Crippen molar-refractivity contribution in [3.8, 4) is 6.07 Å². The highest BCUT2D eigenvalue weighted by Crippen LogP contribution is 2.48. The molecule has 1 N–H and O–H groups in total. The van der Waals surface area contributed by atoms with Crippen molar-refractivity contribution in [1.82, 2.24) is 19.8 Å². The molecule has 0 bridgehead atoms. The zero-order valence-corrected chi connectivity index (χ0v) is 16.1. The molecule has 4 atom stereocenters. The van der Waals surface area contributed by atoms with Crippen LogP contribution in [0.3, 0.4) is 0 Å². The Balaban J connectivity index is 1.38. The van der Waals surface area contributed by atoms with Crippen molar-refractivity contribution >= 4 is 11.8 Å². The van der Waals surface area contributed by atoms with Crippen molar-refractivity contribution in [2.45, 2.75) is 31.0 Å². The Morgan fingerprint density at radius 1 is 1.41 bits per heavy atom. The van der Waals surface area contributed by atoms with E-state index < -0.39 is 6.17 Å². The molecule has 2 aromatic heterocycles. The maximum absolute atomic E-state index is 14.1. The third-order valence-electron chi connectivity index (χ3n) is 5.73. The second-order valence-corrected chi connectivity index (χ2v) is 7.76. The minimum Gasteiger partial charge on any atom is -0.349 e. The number of hydrogen-bond acceptors (Lipinski definition) is 4. The molecule has 0 aromatic carbocycles. The van der Waals surface area contributed by atoms with Crippen LogP contribution in [-0.4, -0.2) is 51.6 Å². The van der Waals surface area contributed by atoms with Crippen LogP contribution in [0.15, 0.2) is 36.8 Å². The van der Waals surface area contributed by atoms with Crippen LogP contribution in [0.25, 0.3) is 0 Å². The van der Waals surface area contributed by atoms with Crippen LogP contribution in [0.5, 0.6) is 0 Å². The summed E-state index contributed by atoms with van der Waals surface area (Å²) in [6.45, 7) is 0.251. The molecule has 1 saturated heterocycles. The van der Waals surface area contributed by atoms with E-state index in [9.17, 15) is 14.0 Å². The number of aryl methyl sites for hydroxylation is 1. The SMILES string of the molecule is Cn1cc(C#N)cc1C(=O)NC[C@@H]1C[C@H](F)CN1C(=O)[C@@H]1C[C@H]1c1cccnc1. The Hall–Kier alpha value is -3.21. The number of nitrogens with one attached hydrogen (secondary N) is 1. The lowest BCUT2D eigenvalue weighted by atomic mass is 10.1. The third kappa shape index (κ3) is 3.86. The highest BCUT2D eigenvalue weighted by molar-refractivity contribution is 5.93. The summed E-state index contributed by atoms with van der Waals surface area (Å²) in [5, 5.41) is 11.7. The van der Waals surface area contributed by atoms with E-state index in [1.54, 1.807) is 35.1 Å². The number of pyridine rings is 1. The molecule has 150 valence electrons. The predicted molar refractivity (Wildman–Crippen MR) is 103 cm³/mol. The molecule has 0 spiro atoms. The molecule has 2 aromatic rings. The summed E-state index contributed by atoms with van der Waals surface area (Å²) in [5.74, 6) is -0.404. The van der Waals surface area contributed by atoms with E-state index in [0.717, 1.165) is 12.0 Å². The topological polar surface area (TPSA) is 91.0 Å². The number of likely N-dealkylation sites (tertiary alicyclic amines) is 1. The van der Waals surface area contributed by atoms with Gasteiger partial charge in [0.15, 0.2) is 0 Å². The number of alkyl halides is 1. The minimum atomic E-state index is -1.09. The fraction of sp³-hybridized carbons (Fsp3) is 0.429. The van der Waals surface area contributed by atoms with Gasteiger partial charge in [-0.15, -0.1) is 0 Å². The van der Waals surface area contributed by atoms with E-state index in [0.29, 0.717) is 11.3 Å². The standard InChI is InChI=1S/C21H22FN5O2/c1-26-11-13(8-23)5-19(26)20(28)25-10-16-6-15(22)12-27(16)21(29)18-7-17(18)14-3-2-4-24-9-14/h2-5,9,11,15-18H,6-7,10,12H2,1H3,(H,25,28)/t15-,16-,17-,18+/m0/s1. The van der Waals surface area contributed by atoms with Gasteiger partial charge in [0.1, 0.15) is 17.9 Å². The second-order valence-electron chi connectivity index (χ2n) is 7.76. The summed E-state index contributed by atoms with van der Waals surface area (Å²) in [4.78, 5) is 31.1. The van der Waals surface area contributed by atoms with Crippen molar-refractivity contribution < 1.29 is 14.0 Å². The van der Waals surface area contributed by atoms with Crippen LogP contribution in [0.4, 0.5) is 4.39 Å². The smallest absolute Gasteiger partial charge is 0.268 e. The molecule has 0 unspecified atom stereocenters. The van der Waals surface area contributed by atoms with E-state index in [4.69, 9.17) is 5.26 Å². The average molecular weight is 395 g/mol. The van der Waals surface area contributed by atoms with E-state index >= 15 is 0 Å². The van der Waals surface area contributed by atoms with Gasteiger partial charge in [-0.3, -0.25) is 14.6 Å². The maximum atomic E-state index is 14.1. The summed E-state index contributed by atoms with van der Waals surface area (Å²) < 4.78 is 15.7. The molecule has 1 aliphatic carbocycles. The molecule has 0 radical (unpaired) electrons. The van der Waals surface area contributed by atoms with Gasteiger partial charge in [-0.25, -0.2) is 4.39 Å². The van der Waals surface area contributed by atoms with Crippen LogP contribution in [0.1, 0.15) is 40.4 Å². The Bertz CT molecular complexity index is 967. The predicted octanol–water partition coefficient (Wildman–Crippen LogP) is 1.76. The lowest BCUT2D eigenvalue weighted by molar-refractivity contribution is -0.133. The molecule has 1 saturated carbocycles. The zero-order chi connectivity index (χ0) is 20.5. The van der Waals surface area contributed by atoms with E-state index in [2.05, 4.69) is 10.3 Å². The molecule has 3 heterocycles. The summed E-state index contributed by atoms with van der Waals surface area (Å²) in [6, 6.07) is 6.94. The number of carbonyl (C=O) groups excluding carboxylic acids is 2. The Morgan fingerprint density at radius 3 is 2.93 bits per heavy atom. The van der Waals surface area contributed by atoms with Gasteiger partial charge in [0.25, 0.3) is 5.91 Å². The number of rotatable bonds is 5. The Labute approximate surface area is 168 Å². The fourth-order valence-electron chi connectivity index (χ4n) is 4.12.